The van der Waals surface area contributed by atoms with Gasteiger partial charge >= 0.3 is 0 Å². The normalized spacial score (nSPS) is 34.0. The van der Waals surface area contributed by atoms with Gasteiger partial charge in [-0.1, -0.05) is 0 Å². The van der Waals surface area contributed by atoms with Gasteiger partial charge in [-0.25, -0.2) is 9.73 Å². The molecule has 7 heteroatoms. The molecule has 25 heavy (non-hydrogen) atoms. The minimum Gasteiger partial charge on any atom is -0.379 e. The first-order chi connectivity index (χ1) is 12.2. The van der Waals surface area contributed by atoms with Crippen molar-refractivity contribution in [1.82, 2.24) is 19.6 Å². The maximum atomic E-state index is 5.52. The van der Waals surface area contributed by atoms with E-state index in [1.54, 1.807) is 7.11 Å². The summed E-state index contributed by atoms with van der Waals surface area (Å²) >= 11 is 1.88. The highest BCUT2D eigenvalue weighted by Gasteiger charge is 2.43. The van der Waals surface area contributed by atoms with Crippen molar-refractivity contribution in [3.05, 3.63) is 11.1 Å². The Morgan fingerprint density at radius 2 is 1.96 bits per heavy atom. The van der Waals surface area contributed by atoms with E-state index in [9.17, 15) is 0 Å². The van der Waals surface area contributed by atoms with Gasteiger partial charge in [0.1, 0.15) is 11.3 Å². The molecule has 3 heterocycles. The number of nitrogens with one attached hydrogen (secondary N) is 1. The van der Waals surface area contributed by atoms with Crippen LogP contribution in [0.15, 0.2) is 11.1 Å². The van der Waals surface area contributed by atoms with Crippen LogP contribution in [0.5, 0.6) is 0 Å². The Labute approximate surface area is 156 Å². The molecule has 4 aliphatic rings. The SMILES string of the molecule is COC1C=C(SN2CCC3(CCC(N4CCOCC4)C3)CC2)N(C)N1. The molecule has 4 rings (SSSR count). The fraction of sp³-hybridized carbons (Fsp3) is 0.889. The molecule has 0 amide bonds. The number of hydrazine groups is 1. The summed E-state index contributed by atoms with van der Waals surface area (Å²) in [7, 11) is 3.80. The molecule has 0 radical (unpaired) electrons. The Kier molecular flexibility index (Phi) is 5.60. The topological polar surface area (TPSA) is 40.2 Å². The van der Waals surface area contributed by atoms with Crippen LogP contribution in [0.1, 0.15) is 32.1 Å². The number of rotatable bonds is 4. The second-order valence-electron chi connectivity index (χ2n) is 7.91. The summed E-state index contributed by atoms with van der Waals surface area (Å²) in [6.45, 7) is 6.51. The van der Waals surface area contributed by atoms with Crippen LogP contribution in [0.4, 0.5) is 0 Å². The molecule has 0 aromatic rings. The van der Waals surface area contributed by atoms with Crippen molar-refractivity contribution >= 4 is 11.9 Å². The number of hydrogen-bond donors (Lipinski definition) is 1. The summed E-state index contributed by atoms with van der Waals surface area (Å²) < 4.78 is 13.4. The molecule has 1 spiro atoms. The Balaban J connectivity index is 1.27. The average molecular weight is 369 g/mol. The van der Waals surface area contributed by atoms with Crippen LogP contribution in [0, 0.1) is 5.41 Å². The summed E-state index contributed by atoms with van der Waals surface area (Å²) in [6, 6.07) is 0.804. The van der Waals surface area contributed by atoms with E-state index in [0.717, 1.165) is 32.3 Å². The van der Waals surface area contributed by atoms with E-state index >= 15 is 0 Å². The lowest BCUT2D eigenvalue weighted by atomic mass is 9.77. The summed E-state index contributed by atoms with van der Waals surface area (Å²) in [5.41, 5.74) is 3.89. The molecule has 1 saturated carbocycles. The van der Waals surface area contributed by atoms with Crippen LogP contribution in [-0.4, -0.2) is 80.0 Å². The molecular weight excluding hydrogens is 336 g/mol. The molecule has 0 bridgehead atoms. The summed E-state index contributed by atoms with van der Waals surface area (Å²) in [5.74, 6) is 0. The molecule has 3 fully saturated rings. The van der Waals surface area contributed by atoms with E-state index in [4.69, 9.17) is 9.47 Å². The van der Waals surface area contributed by atoms with Gasteiger partial charge < -0.3 is 14.5 Å². The third-order valence-corrected chi connectivity index (χ3v) is 7.66. The third kappa shape index (κ3) is 4.01. The van der Waals surface area contributed by atoms with Crippen molar-refractivity contribution < 1.29 is 9.47 Å². The largest absolute Gasteiger partial charge is 0.379 e. The number of nitrogens with zero attached hydrogens (tertiary/aromatic N) is 3. The monoisotopic (exact) mass is 368 g/mol. The first-order valence-electron chi connectivity index (χ1n) is 9.67. The smallest absolute Gasteiger partial charge is 0.146 e. The Bertz CT molecular complexity index is 489. The van der Waals surface area contributed by atoms with Crippen molar-refractivity contribution in [1.29, 1.82) is 0 Å². The van der Waals surface area contributed by atoms with E-state index in [2.05, 4.69) is 32.8 Å². The number of ether oxygens (including phenoxy) is 2. The second kappa shape index (κ2) is 7.74. The van der Waals surface area contributed by atoms with E-state index in [1.165, 1.54) is 50.2 Å². The van der Waals surface area contributed by atoms with Gasteiger partial charge in [-0.2, -0.15) is 0 Å². The van der Waals surface area contributed by atoms with Crippen molar-refractivity contribution in [2.75, 3.05) is 53.6 Å². The molecule has 2 atom stereocenters. The first kappa shape index (κ1) is 18.1. The molecule has 6 nitrogen and oxygen atoms in total. The predicted molar refractivity (Wildman–Crippen MR) is 101 cm³/mol. The average Bonchev–Trinajstić information content (AvgIpc) is 3.22. The molecule has 2 unspecified atom stereocenters. The van der Waals surface area contributed by atoms with E-state index in [1.807, 2.05) is 11.9 Å². The molecule has 2 saturated heterocycles. The maximum Gasteiger partial charge on any atom is 0.146 e. The Morgan fingerprint density at radius 1 is 1.20 bits per heavy atom. The molecule has 0 aromatic heterocycles. The molecule has 142 valence electrons. The molecular formula is C18H32N4O2S. The van der Waals surface area contributed by atoms with Crippen LogP contribution < -0.4 is 5.43 Å². The van der Waals surface area contributed by atoms with E-state index in [0.29, 0.717) is 5.41 Å². The summed E-state index contributed by atoms with van der Waals surface area (Å²) in [4.78, 5) is 2.69. The fourth-order valence-electron chi connectivity index (χ4n) is 4.81. The van der Waals surface area contributed by atoms with Crippen molar-refractivity contribution in [3.8, 4) is 0 Å². The number of methoxy groups -OCH3 is 1. The van der Waals surface area contributed by atoms with Gasteiger partial charge in [-0.15, -0.1) is 0 Å². The zero-order chi connectivity index (χ0) is 17.3. The third-order valence-electron chi connectivity index (χ3n) is 6.44. The highest BCUT2D eigenvalue weighted by atomic mass is 32.2. The van der Waals surface area contributed by atoms with Gasteiger partial charge in [0.25, 0.3) is 0 Å². The lowest BCUT2D eigenvalue weighted by Crippen LogP contribution is -2.43. The van der Waals surface area contributed by atoms with Gasteiger partial charge in [-0.3, -0.25) is 4.90 Å². The van der Waals surface area contributed by atoms with Gasteiger partial charge in [0.15, 0.2) is 0 Å². The van der Waals surface area contributed by atoms with Crippen LogP contribution in [0.2, 0.25) is 0 Å². The quantitative estimate of drug-likeness (QED) is 0.760. The van der Waals surface area contributed by atoms with Gasteiger partial charge in [0, 0.05) is 46.4 Å². The zero-order valence-electron chi connectivity index (χ0n) is 15.6. The van der Waals surface area contributed by atoms with E-state index < -0.39 is 0 Å². The van der Waals surface area contributed by atoms with Gasteiger partial charge in [0.2, 0.25) is 0 Å². The van der Waals surface area contributed by atoms with Crippen molar-refractivity contribution in [2.45, 2.75) is 44.4 Å². The Morgan fingerprint density at radius 3 is 2.64 bits per heavy atom. The zero-order valence-corrected chi connectivity index (χ0v) is 16.4. The van der Waals surface area contributed by atoms with Crippen molar-refractivity contribution in [3.63, 3.8) is 0 Å². The minimum absolute atomic E-state index is 0.00717. The lowest BCUT2D eigenvalue weighted by Gasteiger charge is -2.40. The standard InChI is InChI=1S/C18H32N4O2S/c1-20-17(13-16(19-20)23-2)25-22-7-5-18(6-8-22)4-3-15(14-18)21-9-11-24-12-10-21/h13,15-16,19H,3-12,14H2,1-2H3. The number of piperidine rings is 1. The molecule has 1 aliphatic carbocycles. The molecule has 3 aliphatic heterocycles. The first-order valence-corrected chi connectivity index (χ1v) is 10.4. The van der Waals surface area contributed by atoms with Gasteiger partial charge in [-0.05, 0) is 55.5 Å². The van der Waals surface area contributed by atoms with Crippen LogP contribution in [0.25, 0.3) is 0 Å². The van der Waals surface area contributed by atoms with Crippen LogP contribution in [0.3, 0.4) is 0 Å². The molecule has 0 aromatic carbocycles. The summed E-state index contributed by atoms with van der Waals surface area (Å²) in [6.07, 6.45) is 9.08. The lowest BCUT2D eigenvalue weighted by molar-refractivity contribution is 0.0138. The fourth-order valence-corrected chi connectivity index (χ4v) is 5.80. The van der Waals surface area contributed by atoms with Crippen LogP contribution in [-0.2, 0) is 9.47 Å². The van der Waals surface area contributed by atoms with Gasteiger partial charge in [0.05, 0.1) is 13.2 Å². The summed E-state index contributed by atoms with van der Waals surface area (Å²) in [5, 5.41) is 3.33. The highest BCUT2D eigenvalue weighted by molar-refractivity contribution is 8.00. The van der Waals surface area contributed by atoms with E-state index in [-0.39, 0.29) is 6.23 Å². The number of hydrogen-bond acceptors (Lipinski definition) is 7. The predicted octanol–water partition coefficient (Wildman–Crippen LogP) is 1.87. The Hall–Kier alpha value is -0.310. The second-order valence-corrected chi connectivity index (χ2v) is 9.03. The van der Waals surface area contributed by atoms with Crippen LogP contribution >= 0.6 is 11.9 Å². The molecule has 1 N–H and O–H groups in total. The maximum absolute atomic E-state index is 5.52. The highest BCUT2D eigenvalue weighted by Crippen LogP contribution is 2.49. The number of morpholine rings is 1. The minimum atomic E-state index is 0.00717. The van der Waals surface area contributed by atoms with Crippen molar-refractivity contribution in [2.24, 2.45) is 5.41 Å².